The van der Waals surface area contributed by atoms with Gasteiger partial charge < -0.3 is 15.4 Å². The Balaban J connectivity index is 1.96. The second-order valence-electron chi connectivity index (χ2n) is 5.58. The molecule has 1 heterocycles. The Labute approximate surface area is 156 Å². The van der Waals surface area contributed by atoms with E-state index < -0.39 is 5.97 Å². The molecule has 0 radical (unpaired) electrons. The highest BCUT2D eigenvalue weighted by molar-refractivity contribution is 7.16. The van der Waals surface area contributed by atoms with Gasteiger partial charge in [-0.25, -0.2) is 4.79 Å². The molecule has 0 unspecified atom stereocenters. The number of hydrogen-bond acceptors (Lipinski definition) is 4. The standard InChI is InChI=1S/C18H21ClN2O3S/c1-4-24-18(23)16-11(2)12(3)25-17(16)21-15(22)10-20-9-13-6-5-7-14(19)8-13/h5-8,20H,4,9-10H2,1-3H3,(H,21,22)/p+1. The first-order valence-corrected chi connectivity index (χ1v) is 9.24. The van der Waals surface area contributed by atoms with Crippen LogP contribution in [0.1, 0.15) is 33.3 Å². The zero-order valence-electron chi connectivity index (χ0n) is 14.5. The molecule has 134 valence electrons. The lowest BCUT2D eigenvalue weighted by atomic mass is 10.1. The Kier molecular flexibility index (Phi) is 6.99. The molecule has 0 bridgehead atoms. The van der Waals surface area contributed by atoms with Crippen LogP contribution in [-0.4, -0.2) is 25.0 Å². The third kappa shape index (κ3) is 5.29. The summed E-state index contributed by atoms with van der Waals surface area (Å²) in [5.74, 6) is -0.559. The van der Waals surface area contributed by atoms with Gasteiger partial charge in [-0.15, -0.1) is 11.3 Å². The van der Waals surface area contributed by atoms with Gasteiger partial charge in [-0.2, -0.15) is 0 Å². The molecular formula is C18H22ClN2O3S+. The van der Waals surface area contributed by atoms with Crippen LogP contribution in [0.4, 0.5) is 5.00 Å². The number of nitrogens with two attached hydrogens (primary N) is 1. The molecule has 5 nitrogen and oxygen atoms in total. The molecule has 0 aliphatic heterocycles. The fourth-order valence-electron chi connectivity index (χ4n) is 2.38. The number of aryl methyl sites for hydroxylation is 1. The molecule has 3 N–H and O–H groups in total. The molecule has 0 saturated heterocycles. The smallest absolute Gasteiger partial charge is 0.341 e. The normalized spacial score (nSPS) is 10.6. The first-order valence-electron chi connectivity index (χ1n) is 8.05. The molecular weight excluding hydrogens is 360 g/mol. The minimum atomic E-state index is -0.400. The third-order valence-corrected chi connectivity index (χ3v) is 5.07. The summed E-state index contributed by atoms with van der Waals surface area (Å²) < 4.78 is 5.09. The summed E-state index contributed by atoms with van der Waals surface area (Å²) in [6.45, 7) is 6.75. The van der Waals surface area contributed by atoms with Gasteiger partial charge >= 0.3 is 5.97 Å². The highest BCUT2D eigenvalue weighted by atomic mass is 35.5. The molecule has 0 aliphatic carbocycles. The van der Waals surface area contributed by atoms with Crippen molar-refractivity contribution in [2.24, 2.45) is 0 Å². The first-order chi connectivity index (χ1) is 11.9. The van der Waals surface area contributed by atoms with Crippen molar-refractivity contribution < 1.29 is 19.6 Å². The number of nitrogens with one attached hydrogen (secondary N) is 1. The van der Waals surface area contributed by atoms with E-state index in [1.54, 1.807) is 6.92 Å². The van der Waals surface area contributed by atoms with E-state index in [1.807, 2.05) is 43.4 Å². The van der Waals surface area contributed by atoms with Crippen molar-refractivity contribution in [3.05, 3.63) is 50.9 Å². The SMILES string of the molecule is CCOC(=O)c1c(NC(=O)C[NH2+]Cc2cccc(Cl)c2)sc(C)c1C. The monoisotopic (exact) mass is 381 g/mol. The van der Waals surface area contributed by atoms with E-state index in [1.165, 1.54) is 11.3 Å². The van der Waals surface area contributed by atoms with Crippen molar-refractivity contribution in [3.8, 4) is 0 Å². The number of quaternary nitrogens is 1. The number of carbonyl (C=O) groups is 2. The van der Waals surface area contributed by atoms with Gasteiger partial charge in [0.1, 0.15) is 11.5 Å². The number of hydrogen-bond donors (Lipinski definition) is 2. The molecule has 0 aliphatic rings. The van der Waals surface area contributed by atoms with Gasteiger partial charge in [-0.3, -0.25) is 4.79 Å². The van der Waals surface area contributed by atoms with Crippen molar-refractivity contribution in [3.63, 3.8) is 0 Å². The molecule has 7 heteroatoms. The van der Waals surface area contributed by atoms with Crippen molar-refractivity contribution in [1.29, 1.82) is 0 Å². The summed E-state index contributed by atoms with van der Waals surface area (Å²) in [7, 11) is 0. The maximum absolute atomic E-state index is 12.2. The quantitative estimate of drug-likeness (QED) is 0.724. The van der Waals surface area contributed by atoms with Crippen molar-refractivity contribution in [1.82, 2.24) is 0 Å². The highest BCUT2D eigenvalue weighted by Gasteiger charge is 2.22. The molecule has 25 heavy (non-hydrogen) atoms. The molecule has 0 spiro atoms. The van der Waals surface area contributed by atoms with E-state index in [0.717, 1.165) is 16.0 Å². The van der Waals surface area contributed by atoms with E-state index in [2.05, 4.69) is 5.32 Å². The van der Waals surface area contributed by atoms with Crippen LogP contribution >= 0.6 is 22.9 Å². The summed E-state index contributed by atoms with van der Waals surface area (Å²) >= 11 is 7.34. The van der Waals surface area contributed by atoms with E-state index in [9.17, 15) is 9.59 Å². The van der Waals surface area contributed by atoms with Crippen LogP contribution in [0.25, 0.3) is 0 Å². The molecule has 1 amide bonds. The number of halogens is 1. The van der Waals surface area contributed by atoms with Gasteiger partial charge in [0.2, 0.25) is 0 Å². The Morgan fingerprint density at radius 3 is 2.76 bits per heavy atom. The first kappa shape index (κ1) is 19.4. The zero-order chi connectivity index (χ0) is 18.4. The zero-order valence-corrected chi connectivity index (χ0v) is 16.1. The number of ether oxygens (including phenoxy) is 1. The van der Waals surface area contributed by atoms with Gasteiger partial charge in [0.25, 0.3) is 5.91 Å². The van der Waals surface area contributed by atoms with Crippen LogP contribution in [0.5, 0.6) is 0 Å². The third-order valence-electron chi connectivity index (χ3n) is 3.72. The Hall–Kier alpha value is -1.89. The Morgan fingerprint density at radius 2 is 2.08 bits per heavy atom. The van der Waals surface area contributed by atoms with E-state index in [4.69, 9.17) is 16.3 Å². The number of benzene rings is 1. The largest absolute Gasteiger partial charge is 0.462 e. The summed E-state index contributed by atoms with van der Waals surface area (Å²) in [4.78, 5) is 25.3. The number of esters is 1. The minimum absolute atomic E-state index is 0.158. The molecule has 2 aromatic rings. The Morgan fingerprint density at radius 1 is 1.32 bits per heavy atom. The minimum Gasteiger partial charge on any atom is -0.462 e. The van der Waals surface area contributed by atoms with Gasteiger partial charge in [-0.05, 0) is 38.5 Å². The van der Waals surface area contributed by atoms with E-state index in [-0.39, 0.29) is 12.5 Å². The number of thiophene rings is 1. The maximum Gasteiger partial charge on any atom is 0.341 e. The lowest BCUT2D eigenvalue weighted by Crippen LogP contribution is -2.84. The van der Waals surface area contributed by atoms with Crippen molar-refractivity contribution in [2.45, 2.75) is 27.3 Å². The summed E-state index contributed by atoms with van der Waals surface area (Å²) in [5.41, 5.74) is 2.35. The predicted octanol–water partition coefficient (Wildman–Crippen LogP) is 2.90. The van der Waals surface area contributed by atoms with Crippen LogP contribution in [0.3, 0.4) is 0 Å². The summed E-state index contributed by atoms with van der Waals surface area (Å²) in [5, 5.41) is 5.95. The lowest BCUT2D eigenvalue weighted by Gasteiger charge is -2.07. The highest BCUT2D eigenvalue weighted by Crippen LogP contribution is 2.32. The topological polar surface area (TPSA) is 72.0 Å². The number of amides is 1. The fraction of sp³-hybridized carbons (Fsp3) is 0.333. The number of rotatable bonds is 7. The van der Waals surface area contributed by atoms with Crippen LogP contribution in [0.15, 0.2) is 24.3 Å². The average molecular weight is 382 g/mol. The van der Waals surface area contributed by atoms with Crippen LogP contribution < -0.4 is 10.6 Å². The van der Waals surface area contributed by atoms with Gasteiger partial charge in [-0.1, -0.05) is 23.7 Å². The molecule has 0 atom stereocenters. The van der Waals surface area contributed by atoms with Crippen LogP contribution in [0.2, 0.25) is 5.02 Å². The molecule has 1 aromatic carbocycles. The maximum atomic E-state index is 12.2. The van der Waals surface area contributed by atoms with E-state index >= 15 is 0 Å². The number of anilines is 1. The predicted molar refractivity (Wildman–Crippen MR) is 100 cm³/mol. The van der Waals surface area contributed by atoms with Crippen LogP contribution in [-0.2, 0) is 16.1 Å². The summed E-state index contributed by atoms with van der Waals surface area (Å²) in [6.07, 6.45) is 0. The second kappa shape index (κ2) is 8.99. The van der Waals surface area contributed by atoms with E-state index in [0.29, 0.717) is 28.7 Å². The van der Waals surface area contributed by atoms with Gasteiger partial charge in [0.05, 0.1) is 12.2 Å². The fourth-order valence-corrected chi connectivity index (χ4v) is 3.65. The van der Waals surface area contributed by atoms with Gasteiger partial charge in [0, 0.05) is 15.5 Å². The second-order valence-corrected chi connectivity index (χ2v) is 7.24. The molecule has 0 fully saturated rings. The van der Waals surface area contributed by atoms with Crippen molar-refractivity contribution >= 4 is 39.8 Å². The summed E-state index contributed by atoms with van der Waals surface area (Å²) in [6, 6.07) is 7.54. The van der Waals surface area contributed by atoms with Crippen LogP contribution in [0, 0.1) is 13.8 Å². The average Bonchev–Trinajstić information content (AvgIpc) is 2.82. The Bertz CT molecular complexity index is 774. The molecule has 1 aromatic heterocycles. The number of carbonyl (C=O) groups excluding carboxylic acids is 2. The molecule has 2 rings (SSSR count). The molecule has 0 saturated carbocycles. The van der Waals surface area contributed by atoms with Gasteiger partial charge in [0.15, 0.2) is 6.54 Å². The lowest BCUT2D eigenvalue weighted by molar-refractivity contribution is -0.659. The van der Waals surface area contributed by atoms with Crippen molar-refractivity contribution in [2.75, 3.05) is 18.5 Å².